The van der Waals surface area contributed by atoms with Crippen LogP contribution in [0.4, 0.5) is 0 Å². The summed E-state index contributed by atoms with van der Waals surface area (Å²) < 4.78 is 11.4. The molecule has 0 N–H and O–H groups in total. The van der Waals surface area contributed by atoms with Crippen molar-refractivity contribution in [2.24, 2.45) is 5.10 Å². The van der Waals surface area contributed by atoms with Crippen LogP contribution in [0.2, 0.25) is 0 Å². The number of hydrogen-bond acceptors (Lipinski definition) is 6. The molecule has 6 heteroatoms. The van der Waals surface area contributed by atoms with E-state index in [1.165, 1.54) is 7.11 Å². The molecule has 0 saturated carbocycles. The van der Waals surface area contributed by atoms with Gasteiger partial charge in [0.25, 0.3) is 0 Å². The minimum absolute atomic E-state index is 0.220. The molecule has 1 aromatic heterocycles. The van der Waals surface area contributed by atoms with E-state index in [-0.39, 0.29) is 12.3 Å². The van der Waals surface area contributed by atoms with Crippen molar-refractivity contribution in [1.29, 1.82) is 0 Å². The molecule has 0 bridgehead atoms. The number of methoxy groups -OCH3 is 1. The number of carbonyl (C=O) groups is 1. The third-order valence-corrected chi connectivity index (χ3v) is 5.38. The topological polar surface area (TPSA) is 64.0 Å². The lowest BCUT2D eigenvalue weighted by Crippen LogP contribution is -2.29. The van der Waals surface area contributed by atoms with Gasteiger partial charge in [0, 0.05) is 29.1 Å². The molecule has 0 radical (unpaired) electrons. The van der Waals surface area contributed by atoms with Crippen LogP contribution in [-0.2, 0) is 20.9 Å². The van der Waals surface area contributed by atoms with Gasteiger partial charge in [0.15, 0.2) is 11.5 Å². The molecular formula is C28H27N3O3. The standard InChI is InChI=1S/C28H27N3O3/c1-4-12-25-22-17-24(21-15-10-7-11-16-21)29-18-23(22)27(34-19-20-13-8-6-9-14-20)26(28(32)33-3)31(25)30-5-2/h5-18H,4,19H2,1-3H3/b25-12+,30-5-. The number of carbonyl (C=O) groups excluding carboxylic acids is 1. The lowest BCUT2D eigenvalue weighted by Gasteiger charge is -2.32. The maximum Gasteiger partial charge on any atom is 0.360 e. The highest BCUT2D eigenvalue weighted by atomic mass is 16.5. The van der Waals surface area contributed by atoms with Crippen LogP contribution < -0.4 is 0 Å². The predicted octanol–water partition coefficient (Wildman–Crippen LogP) is 5.88. The lowest BCUT2D eigenvalue weighted by atomic mass is 9.96. The summed E-state index contributed by atoms with van der Waals surface area (Å²) in [7, 11) is 1.35. The molecule has 0 saturated heterocycles. The molecule has 1 aliphatic heterocycles. The number of aromatic nitrogens is 1. The second-order valence-corrected chi connectivity index (χ2v) is 7.61. The molecular weight excluding hydrogens is 426 g/mol. The Balaban J connectivity index is 1.92. The third kappa shape index (κ3) is 4.62. The van der Waals surface area contributed by atoms with Crippen molar-refractivity contribution in [3.63, 3.8) is 0 Å². The number of nitrogens with zero attached hydrogens (tertiary/aromatic N) is 3. The summed E-state index contributed by atoms with van der Waals surface area (Å²) in [5.41, 5.74) is 5.41. The van der Waals surface area contributed by atoms with Crippen LogP contribution >= 0.6 is 0 Å². The number of hydrazone groups is 1. The first-order valence-electron chi connectivity index (χ1n) is 11.2. The van der Waals surface area contributed by atoms with Gasteiger partial charge in [0.2, 0.25) is 0 Å². The molecule has 172 valence electrons. The molecule has 0 atom stereocenters. The second-order valence-electron chi connectivity index (χ2n) is 7.61. The van der Waals surface area contributed by atoms with E-state index in [0.717, 1.165) is 40.1 Å². The molecule has 2 heterocycles. The lowest BCUT2D eigenvalue weighted by molar-refractivity contribution is -0.137. The Morgan fingerprint density at radius 2 is 1.76 bits per heavy atom. The van der Waals surface area contributed by atoms with Crippen LogP contribution in [-0.4, -0.2) is 29.3 Å². The summed E-state index contributed by atoms with van der Waals surface area (Å²) in [5.74, 6) is -0.148. The Morgan fingerprint density at radius 3 is 2.41 bits per heavy atom. The van der Waals surface area contributed by atoms with Crippen LogP contribution in [0.3, 0.4) is 0 Å². The average molecular weight is 454 g/mol. The molecule has 0 spiro atoms. The summed E-state index contributed by atoms with van der Waals surface area (Å²) in [6.07, 6.45) is 6.20. The Kier molecular flexibility index (Phi) is 7.18. The molecule has 6 nitrogen and oxygen atoms in total. The fraction of sp³-hybridized carbons (Fsp3) is 0.179. The van der Waals surface area contributed by atoms with E-state index in [1.54, 1.807) is 24.3 Å². The fourth-order valence-electron chi connectivity index (χ4n) is 3.85. The molecule has 34 heavy (non-hydrogen) atoms. The van der Waals surface area contributed by atoms with Gasteiger partial charge in [-0.1, -0.05) is 73.7 Å². The maximum absolute atomic E-state index is 13.0. The first-order valence-corrected chi connectivity index (χ1v) is 11.2. The van der Waals surface area contributed by atoms with Crippen LogP contribution in [0.5, 0.6) is 0 Å². The number of rotatable bonds is 7. The number of benzene rings is 2. The minimum atomic E-state index is -0.534. The van der Waals surface area contributed by atoms with Gasteiger partial charge in [-0.25, -0.2) is 9.80 Å². The number of ether oxygens (including phenoxy) is 2. The van der Waals surface area contributed by atoms with Crippen LogP contribution in [0, 0.1) is 0 Å². The molecule has 4 rings (SSSR count). The first-order chi connectivity index (χ1) is 16.7. The summed E-state index contributed by atoms with van der Waals surface area (Å²) in [4.78, 5) is 17.7. The fourth-order valence-corrected chi connectivity index (χ4v) is 3.85. The van der Waals surface area contributed by atoms with Crippen LogP contribution in [0.15, 0.2) is 89.8 Å². The highest BCUT2D eigenvalue weighted by molar-refractivity contribution is 6.01. The summed E-state index contributed by atoms with van der Waals surface area (Å²) >= 11 is 0. The van der Waals surface area contributed by atoms with E-state index in [4.69, 9.17) is 14.5 Å². The molecule has 0 fully saturated rings. The van der Waals surface area contributed by atoms with Crippen LogP contribution in [0.1, 0.15) is 37.0 Å². The van der Waals surface area contributed by atoms with Crippen molar-refractivity contribution >= 4 is 23.6 Å². The van der Waals surface area contributed by atoms with Gasteiger partial charge in [0.1, 0.15) is 6.61 Å². The zero-order valence-electron chi connectivity index (χ0n) is 19.6. The third-order valence-electron chi connectivity index (χ3n) is 5.38. The molecule has 0 amide bonds. The van der Waals surface area contributed by atoms with Gasteiger partial charge in [0.05, 0.1) is 18.5 Å². The van der Waals surface area contributed by atoms with E-state index in [1.807, 2.05) is 79.7 Å². The zero-order chi connectivity index (χ0) is 23.9. The number of allylic oxidation sites excluding steroid dienone is 1. The summed E-state index contributed by atoms with van der Waals surface area (Å²) in [5, 5.41) is 6.13. The van der Waals surface area contributed by atoms with Gasteiger partial charge >= 0.3 is 5.97 Å². The number of fused-ring (bicyclic) bond motifs is 1. The second kappa shape index (κ2) is 10.6. The van der Waals surface area contributed by atoms with E-state index in [2.05, 4.69) is 5.10 Å². The number of hydrogen-bond donors (Lipinski definition) is 0. The smallest absolute Gasteiger partial charge is 0.360 e. The van der Waals surface area contributed by atoms with Gasteiger partial charge in [-0.05, 0) is 25.0 Å². The van der Waals surface area contributed by atoms with Gasteiger partial charge < -0.3 is 9.47 Å². The van der Waals surface area contributed by atoms with Crippen molar-refractivity contribution in [2.45, 2.75) is 26.9 Å². The Labute approximate surface area is 199 Å². The van der Waals surface area contributed by atoms with Crippen LogP contribution in [0.25, 0.3) is 22.7 Å². The van der Waals surface area contributed by atoms with E-state index in [9.17, 15) is 4.79 Å². The number of esters is 1. The van der Waals surface area contributed by atoms with Gasteiger partial charge in [-0.3, -0.25) is 4.98 Å². The van der Waals surface area contributed by atoms with Gasteiger partial charge in [-0.2, -0.15) is 5.10 Å². The minimum Gasteiger partial charge on any atom is -0.486 e. The van der Waals surface area contributed by atoms with Gasteiger partial charge in [-0.15, -0.1) is 0 Å². The maximum atomic E-state index is 13.0. The normalized spacial score (nSPS) is 14.4. The Hall–Kier alpha value is -4.19. The first kappa shape index (κ1) is 23.0. The highest BCUT2D eigenvalue weighted by Gasteiger charge is 2.35. The van der Waals surface area contributed by atoms with E-state index >= 15 is 0 Å². The summed E-state index contributed by atoms with van der Waals surface area (Å²) in [6, 6.07) is 21.8. The predicted molar refractivity (Wildman–Crippen MR) is 134 cm³/mol. The van der Waals surface area contributed by atoms with E-state index < -0.39 is 5.97 Å². The van der Waals surface area contributed by atoms with Crippen molar-refractivity contribution in [3.05, 3.63) is 101 Å². The largest absolute Gasteiger partial charge is 0.486 e. The molecule has 0 aliphatic carbocycles. The SMILES string of the molecule is C/C=N\N1C(C(=O)OC)=C(OCc2ccccc2)c2cnc(-c3ccccc3)cc2/C1=C\CC. The average Bonchev–Trinajstić information content (AvgIpc) is 2.89. The van der Waals surface area contributed by atoms with E-state index in [0.29, 0.717) is 5.76 Å². The van der Waals surface area contributed by atoms with Crippen molar-refractivity contribution in [2.75, 3.05) is 7.11 Å². The van der Waals surface area contributed by atoms with Crippen molar-refractivity contribution in [1.82, 2.24) is 9.99 Å². The van der Waals surface area contributed by atoms with Crippen molar-refractivity contribution in [3.8, 4) is 11.3 Å². The zero-order valence-corrected chi connectivity index (χ0v) is 19.6. The number of pyridine rings is 1. The highest BCUT2D eigenvalue weighted by Crippen LogP contribution is 2.41. The summed E-state index contributed by atoms with van der Waals surface area (Å²) in [6.45, 7) is 4.14. The quantitative estimate of drug-likeness (QED) is 0.330. The molecule has 2 aromatic carbocycles. The Morgan fingerprint density at radius 1 is 1.06 bits per heavy atom. The Bertz CT molecular complexity index is 1250. The molecule has 3 aromatic rings. The van der Waals surface area contributed by atoms with Crippen molar-refractivity contribution < 1.29 is 14.3 Å². The molecule has 1 aliphatic rings. The molecule has 0 unspecified atom stereocenters. The monoisotopic (exact) mass is 453 g/mol.